The summed E-state index contributed by atoms with van der Waals surface area (Å²) in [6.45, 7) is 0. The fraction of sp³-hybridized carbons (Fsp3) is 0. The molecule has 4 rings (SSSR count). The molecule has 1 aromatic heterocycles. The Balaban J connectivity index is 1.54. The van der Waals surface area contributed by atoms with Gasteiger partial charge in [-0.2, -0.15) is 5.10 Å². The van der Waals surface area contributed by atoms with E-state index < -0.39 is 5.97 Å². The fourth-order valence-electron chi connectivity index (χ4n) is 3.01. The minimum atomic E-state index is -0.764. The second kappa shape index (κ2) is 11.3. The van der Waals surface area contributed by atoms with Crippen LogP contribution in [0, 0.1) is 0 Å². The van der Waals surface area contributed by atoms with Crippen molar-refractivity contribution in [3.05, 3.63) is 121 Å². The third-order valence-corrected chi connectivity index (χ3v) is 6.98. The fourth-order valence-corrected chi connectivity index (χ4v) is 4.21. The highest BCUT2D eigenvalue weighted by molar-refractivity contribution is 6.55. The lowest BCUT2D eigenvalue weighted by Crippen LogP contribution is -2.11. The molecule has 1 N–H and O–H groups in total. The molecule has 5 nitrogen and oxygen atoms in total. The molecule has 10 heteroatoms. The van der Waals surface area contributed by atoms with E-state index in [4.69, 9.17) is 62.7 Å². The number of nitrogens with zero attached hydrogens (tertiary/aromatic N) is 2. The molecule has 0 saturated heterocycles. The highest BCUT2D eigenvalue weighted by atomic mass is 35.5. The van der Waals surface area contributed by atoms with Crippen LogP contribution in [-0.4, -0.2) is 16.7 Å². The van der Waals surface area contributed by atoms with Crippen LogP contribution in [0.2, 0.25) is 25.1 Å². The number of nitrogens with one attached hydrogen (secondary N) is 1. The van der Waals surface area contributed by atoms with Crippen LogP contribution >= 0.6 is 58.0 Å². The summed E-state index contributed by atoms with van der Waals surface area (Å²) in [4.78, 5) is 16.9. The number of ether oxygens (including phenoxy) is 1. The second-order valence-corrected chi connectivity index (χ2v) is 8.91. The van der Waals surface area contributed by atoms with Gasteiger partial charge in [-0.15, -0.1) is 0 Å². The number of anilines is 1. The first-order valence-corrected chi connectivity index (χ1v) is 11.9. The van der Waals surface area contributed by atoms with Crippen LogP contribution in [0.1, 0.15) is 21.5 Å². The van der Waals surface area contributed by atoms with Gasteiger partial charge in [-0.25, -0.2) is 9.78 Å². The predicted octanol–water partition coefficient (Wildman–Crippen LogP) is 8.43. The number of carbonyl (C=O) groups is 1. The number of hydrogen-bond donors (Lipinski definition) is 1. The van der Waals surface area contributed by atoms with Gasteiger partial charge in [0, 0.05) is 17.3 Å². The van der Waals surface area contributed by atoms with Crippen molar-refractivity contribution in [2.45, 2.75) is 0 Å². The summed E-state index contributed by atoms with van der Waals surface area (Å²) in [6, 6.07) is 22.6. The number of hydrazone groups is 1. The molecule has 0 amide bonds. The summed E-state index contributed by atoms with van der Waals surface area (Å²) >= 11 is 30.3. The van der Waals surface area contributed by atoms with Gasteiger partial charge in [-0.3, -0.25) is 5.43 Å². The van der Waals surface area contributed by atoms with Crippen molar-refractivity contribution in [1.29, 1.82) is 0 Å². The molecule has 0 aliphatic rings. The van der Waals surface area contributed by atoms with E-state index in [2.05, 4.69) is 15.5 Å². The number of esters is 1. The number of rotatable bonds is 6. The van der Waals surface area contributed by atoms with E-state index in [1.54, 1.807) is 6.07 Å². The highest BCUT2D eigenvalue weighted by Gasteiger charge is 2.23. The zero-order valence-electron chi connectivity index (χ0n) is 17.6. The summed E-state index contributed by atoms with van der Waals surface area (Å²) in [5, 5.41) is 4.09. The lowest BCUT2D eigenvalue weighted by atomic mass is 10.0. The topological polar surface area (TPSA) is 63.6 Å². The van der Waals surface area contributed by atoms with Gasteiger partial charge in [0.15, 0.2) is 5.75 Å². The van der Waals surface area contributed by atoms with Crippen LogP contribution < -0.4 is 10.2 Å². The Kier molecular flexibility index (Phi) is 8.16. The van der Waals surface area contributed by atoms with E-state index >= 15 is 0 Å². The zero-order valence-corrected chi connectivity index (χ0v) is 21.4. The van der Waals surface area contributed by atoms with Gasteiger partial charge in [-0.05, 0) is 12.1 Å². The first-order valence-electron chi connectivity index (χ1n) is 10.0. The average Bonchev–Trinajstić information content (AvgIpc) is 2.90. The Morgan fingerprint density at radius 2 is 1.20 bits per heavy atom. The van der Waals surface area contributed by atoms with Gasteiger partial charge in [0.25, 0.3) is 0 Å². The van der Waals surface area contributed by atoms with E-state index in [1.165, 1.54) is 12.3 Å². The van der Waals surface area contributed by atoms with Crippen LogP contribution in [0.25, 0.3) is 0 Å². The van der Waals surface area contributed by atoms with E-state index in [-0.39, 0.29) is 36.4 Å². The monoisotopic (exact) mass is 563 g/mol. The van der Waals surface area contributed by atoms with Crippen molar-refractivity contribution in [3.8, 4) is 5.75 Å². The van der Waals surface area contributed by atoms with Crippen molar-refractivity contribution in [3.63, 3.8) is 0 Å². The van der Waals surface area contributed by atoms with E-state index in [0.717, 1.165) is 16.8 Å². The molecule has 0 saturated carbocycles. The molecule has 0 spiro atoms. The third kappa shape index (κ3) is 5.72. The first kappa shape index (κ1) is 25.3. The van der Waals surface area contributed by atoms with Crippen LogP contribution in [-0.2, 0) is 0 Å². The standard InChI is InChI=1S/C25H14Cl5N3O2/c26-18-19(27)21(29)24(22(30)20(18)28)35-25(34)16-11-12-17(31-13-16)32-33-23(14-7-3-1-4-8-14)15-9-5-2-6-10-15/h1-13H,(H,31,32). The predicted molar refractivity (Wildman–Crippen MR) is 143 cm³/mol. The van der Waals surface area contributed by atoms with Crippen LogP contribution in [0.3, 0.4) is 0 Å². The van der Waals surface area contributed by atoms with Gasteiger partial charge < -0.3 is 4.74 Å². The molecular weight excluding hydrogens is 552 g/mol. The molecule has 0 unspecified atom stereocenters. The largest absolute Gasteiger partial charge is 0.420 e. The number of benzene rings is 3. The number of carbonyl (C=O) groups excluding carboxylic acids is 1. The lowest BCUT2D eigenvalue weighted by Gasteiger charge is -2.12. The Hall–Kier alpha value is -2.80. The maximum atomic E-state index is 12.6. The van der Waals surface area contributed by atoms with E-state index in [0.29, 0.717) is 5.82 Å². The zero-order chi connectivity index (χ0) is 24.9. The minimum absolute atomic E-state index is 0.0360. The normalized spacial score (nSPS) is 10.5. The molecule has 1 heterocycles. The van der Waals surface area contributed by atoms with Gasteiger partial charge in [0.1, 0.15) is 15.9 Å². The van der Waals surface area contributed by atoms with Crippen molar-refractivity contribution >= 4 is 75.5 Å². The third-order valence-electron chi connectivity index (χ3n) is 4.74. The molecule has 0 atom stereocenters. The molecule has 3 aromatic carbocycles. The second-order valence-electron chi connectivity index (χ2n) is 7.02. The summed E-state index contributed by atoms with van der Waals surface area (Å²) in [5.74, 6) is -0.542. The van der Waals surface area contributed by atoms with Crippen LogP contribution in [0.15, 0.2) is 84.1 Å². The Morgan fingerprint density at radius 1 is 0.686 bits per heavy atom. The molecule has 4 aromatic rings. The number of hydrogen-bond acceptors (Lipinski definition) is 5. The Morgan fingerprint density at radius 3 is 1.69 bits per heavy atom. The van der Waals surface area contributed by atoms with Gasteiger partial charge in [-0.1, -0.05) is 119 Å². The molecule has 35 heavy (non-hydrogen) atoms. The van der Waals surface area contributed by atoms with Gasteiger partial charge in [0.05, 0.1) is 26.3 Å². The summed E-state index contributed by atoms with van der Waals surface area (Å²) < 4.78 is 5.31. The van der Waals surface area contributed by atoms with Crippen molar-refractivity contribution < 1.29 is 9.53 Å². The Bertz CT molecular complexity index is 1330. The molecule has 0 fully saturated rings. The summed E-state index contributed by atoms with van der Waals surface area (Å²) in [6.07, 6.45) is 1.33. The van der Waals surface area contributed by atoms with Crippen molar-refractivity contribution in [2.24, 2.45) is 5.10 Å². The molecule has 0 aliphatic heterocycles. The van der Waals surface area contributed by atoms with Crippen LogP contribution in [0.4, 0.5) is 5.82 Å². The van der Waals surface area contributed by atoms with Gasteiger partial charge >= 0.3 is 5.97 Å². The lowest BCUT2D eigenvalue weighted by molar-refractivity contribution is 0.0734. The number of halogens is 5. The maximum Gasteiger partial charge on any atom is 0.345 e. The van der Waals surface area contributed by atoms with Gasteiger partial charge in [0.2, 0.25) is 0 Å². The summed E-state index contributed by atoms with van der Waals surface area (Å²) in [7, 11) is 0. The number of pyridine rings is 1. The SMILES string of the molecule is O=C(Oc1c(Cl)c(Cl)c(Cl)c(Cl)c1Cl)c1ccc(NN=C(c2ccccc2)c2ccccc2)nc1. The quantitative estimate of drug-likeness (QED) is 0.0636. The van der Waals surface area contributed by atoms with E-state index in [1.807, 2.05) is 60.7 Å². The summed E-state index contributed by atoms with van der Waals surface area (Å²) in [5.41, 5.74) is 5.66. The van der Waals surface area contributed by atoms with Crippen molar-refractivity contribution in [2.75, 3.05) is 5.43 Å². The van der Waals surface area contributed by atoms with E-state index in [9.17, 15) is 4.79 Å². The van der Waals surface area contributed by atoms with Crippen LogP contribution in [0.5, 0.6) is 5.75 Å². The Labute approximate surface area is 226 Å². The molecule has 0 radical (unpaired) electrons. The molecular formula is C25H14Cl5N3O2. The van der Waals surface area contributed by atoms with Crippen molar-refractivity contribution in [1.82, 2.24) is 4.98 Å². The maximum absolute atomic E-state index is 12.6. The average molecular weight is 566 g/mol. The molecule has 0 aliphatic carbocycles. The molecule has 0 bridgehead atoms. The molecule has 176 valence electrons. The minimum Gasteiger partial charge on any atom is -0.420 e. The first-order chi connectivity index (χ1) is 16.9. The highest BCUT2D eigenvalue weighted by Crippen LogP contribution is 2.48. The number of aromatic nitrogens is 1. The smallest absolute Gasteiger partial charge is 0.345 e.